The Kier molecular flexibility index (Phi) is 5.22. The molecule has 0 aliphatic rings. The maximum absolute atomic E-state index is 12.0. The second-order valence-corrected chi connectivity index (χ2v) is 7.62. The first-order valence-corrected chi connectivity index (χ1v) is 8.92. The predicted molar refractivity (Wildman–Crippen MR) is 90.0 cm³/mol. The minimum absolute atomic E-state index is 0.0459. The largest absolute Gasteiger partial charge is 0.351 e. The molecular weight excluding hydrogens is 302 g/mol. The molecule has 0 aliphatic carbocycles. The second kappa shape index (κ2) is 6.75. The van der Waals surface area contributed by atoms with Gasteiger partial charge in [-0.1, -0.05) is 25.6 Å². The van der Waals surface area contributed by atoms with E-state index >= 15 is 0 Å². The number of hydrogen-bond donors (Lipinski definition) is 1. The zero-order valence-electron chi connectivity index (χ0n) is 12.9. The Morgan fingerprint density at radius 2 is 2.14 bits per heavy atom. The van der Waals surface area contributed by atoms with E-state index in [9.17, 15) is 4.79 Å². The van der Waals surface area contributed by atoms with Crippen LogP contribution in [0.25, 0.3) is 10.2 Å². The SMILES string of the molecule is CCc1cc2c(SCC(=O)NC(C)(C)CC)ncnc2s1. The van der Waals surface area contributed by atoms with Crippen molar-refractivity contribution >= 4 is 39.2 Å². The van der Waals surface area contributed by atoms with E-state index in [-0.39, 0.29) is 11.4 Å². The third kappa shape index (κ3) is 4.17. The van der Waals surface area contributed by atoms with Crippen LogP contribution in [0.5, 0.6) is 0 Å². The molecule has 0 atom stereocenters. The normalized spacial score (nSPS) is 11.8. The summed E-state index contributed by atoms with van der Waals surface area (Å²) in [5, 5.41) is 4.99. The van der Waals surface area contributed by atoms with E-state index in [0.29, 0.717) is 5.75 Å². The molecule has 21 heavy (non-hydrogen) atoms. The molecule has 2 aromatic heterocycles. The molecule has 114 valence electrons. The van der Waals surface area contributed by atoms with E-state index in [1.54, 1.807) is 17.7 Å². The van der Waals surface area contributed by atoms with Crippen molar-refractivity contribution in [3.8, 4) is 0 Å². The van der Waals surface area contributed by atoms with Gasteiger partial charge in [-0.25, -0.2) is 9.97 Å². The third-order valence-corrected chi connectivity index (χ3v) is 5.59. The quantitative estimate of drug-likeness (QED) is 0.651. The Hall–Kier alpha value is -1.14. The van der Waals surface area contributed by atoms with Gasteiger partial charge in [0.1, 0.15) is 16.2 Å². The zero-order valence-corrected chi connectivity index (χ0v) is 14.5. The first-order valence-electron chi connectivity index (χ1n) is 7.12. The van der Waals surface area contributed by atoms with Gasteiger partial charge in [-0.05, 0) is 32.8 Å². The molecule has 4 nitrogen and oxygen atoms in total. The van der Waals surface area contributed by atoms with Crippen LogP contribution >= 0.6 is 23.1 Å². The minimum atomic E-state index is -0.156. The van der Waals surface area contributed by atoms with Crippen LogP contribution in [0, 0.1) is 0 Å². The summed E-state index contributed by atoms with van der Waals surface area (Å²) in [6, 6.07) is 2.14. The van der Waals surface area contributed by atoms with Gasteiger partial charge in [0.2, 0.25) is 5.91 Å². The molecule has 0 aromatic carbocycles. The summed E-state index contributed by atoms with van der Waals surface area (Å²) in [6.07, 6.45) is 3.48. The number of fused-ring (bicyclic) bond motifs is 1. The molecule has 0 radical (unpaired) electrons. The van der Waals surface area contributed by atoms with Crippen molar-refractivity contribution in [1.29, 1.82) is 0 Å². The van der Waals surface area contributed by atoms with Crippen molar-refractivity contribution in [1.82, 2.24) is 15.3 Å². The highest BCUT2D eigenvalue weighted by Gasteiger charge is 2.18. The van der Waals surface area contributed by atoms with E-state index in [4.69, 9.17) is 0 Å². The van der Waals surface area contributed by atoms with Gasteiger partial charge in [-0.2, -0.15) is 0 Å². The average Bonchev–Trinajstić information content (AvgIpc) is 2.88. The van der Waals surface area contributed by atoms with Crippen LogP contribution in [0.3, 0.4) is 0 Å². The number of nitrogens with one attached hydrogen (secondary N) is 1. The molecule has 0 fully saturated rings. The molecule has 6 heteroatoms. The van der Waals surface area contributed by atoms with Crippen molar-refractivity contribution in [2.45, 2.75) is 51.1 Å². The summed E-state index contributed by atoms with van der Waals surface area (Å²) >= 11 is 3.17. The van der Waals surface area contributed by atoms with Crippen molar-refractivity contribution < 1.29 is 4.79 Å². The molecule has 0 unspecified atom stereocenters. The van der Waals surface area contributed by atoms with Crippen LogP contribution in [0.2, 0.25) is 0 Å². The highest BCUT2D eigenvalue weighted by Crippen LogP contribution is 2.30. The Morgan fingerprint density at radius 1 is 1.38 bits per heavy atom. The Balaban J connectivity index is 2.06. The van der Waals surface area contributed by atoms with E-state index in [1.165, 1.54) is 16.6 Å². The molecule has 0 saturated carbocycles. The number of aromatic nitrogens is 2. The van der Waals surface area contributed by atoms with E-state index in [0.717, 1.165) is 28.1 Å². The molecular formula is C15H21N3OS2. The molecule has 2 rings (SSSR count). The lowest BCUT2D eigenvalue weighted by Crippen LogP contribution is -2.43. The lowest BCUT2D eigenvalue weighted by atomic mass is 10.0. The van der Waals surface area contributed by atoms with Gasteiger partial charge in [-0.3, -0.25) is 4.79 Å². The summed E-state index contributed by atoms with van der Waals surface area (Å²) in [6.45, 7) is 8.26. The molecule has 0 saturated heterocycles. The van der Waals surface area contributed by atoms with Crippen LogP contribution in [0.4, 0.5) is 0 Å². The summed E-state index contributed by atoms with van der Waals surface area (Å²) in [5.41, 5.74) is -0.156. The summed E-state index contributed by atoms with van der Waals surface area (Å²) in [4.78, 5) is 22.9. The first-order chi connectivity index (χ1) is 9.95. The fourth-order valence-electron chi connectivity index (χ4n) is 1.81. The van der Waals surface area contributed by atoms with Crippen LogP contribution in [0.1, 0.15) is 39.0 Å². The lowest BCUT2D eigenvalue weighted by molar-refractivity contribution is -0.120. The molecule has 0 bridgehead atoms. The van der Waals surface area contributed by atoms with E-state index < -0.39 is 0 Å². The number of thiophene rings is 1. The Bertz CT molecular complexity index is 637. The monoisotopic (exact) mass is 323 g/mol. The van der Waals surface area contributed by atoms with Crippen LogP contribution in [-0.4, -0.2) is 27.2 Å². The smallest absolute Gasteiger partial charge is 0.230 e. The van der Waals surface area contributed by atoms with Gasteiger partial charge < -0.3 is 5.32 Å². The fraction of sp³-hybridized carbons (Fsp3) is 0.533. The number of aryl methyl sites for hydroxylation is 1. The van der Waals surface area contributed by atoms with Crippen LogP contribution < -0.4 is 5.32 Å². The predicted octanol–water partition coefficient (Wildman–Crippen LogP) is 3.65. The fourth-order valence-corrected chi connectivity index (χ4v) is 3.58. The molecule has 2 aromatic rings. The molecule has 2 heterocycles. The molecule has 1 N–H and O–H groups in total. The van der Waals surface area contributed by atoms with Crippen molar-refractivity contribution in [2.24, 2.45) is 0 Å². The van der Waals surface area contributed by atoms with Crippen LogP contribution in [-0.2, 0) is 11.2 Å². The Morgan fingerprint density at radius 3 is 2.81 bits per heavy atom. The average molecular weight is 323 g/mol. The van der Waals surface area contributed by atoms with Gasteiger partial charge in [0.25, 0.3) is 0 Å². The maximum atomic E-state index is 12.0. The molecule has 1 amide bonds. The van der Waals surface area contributed by atoms with E-state index in [1.807, 2.05) is 13.8 Å². The van der Waals surface area contributed by atoms with Crippen molar-refractivity contribution in [3.63, 3.8) is 0 Å². The maximum Gasteiger partial charge on any atom is 0.230 e. The van der Waals surface area contributed by atoms with Gasteiger partial charge >= 0.3 is 0 Å². The number of rotatable bonds is 6. The highest BCUT2D eigenvalue weighted by atomic mass is 32.2. The van der Waals surface area contributed by atoms with Gasteiger partial charge in [-0.15, -0.1) is 11.3 Å². The van der Waals surface area contributed by atoms with Gasteiger partial charge in [0.15, 0.2) is 0 Å². The third-order valence-electron chi connectivity index (χ3n) is 3.39. The first kappa shape index (κ1) is 16.2. The van der Waals surface area contributed by atoms with Crippen molar-refractivity contribution in [2.75, 3.05) is 5.75 Å². The number of carbonyl (C=O) groups is 1. The summed E-state index contributed by atoms with van der Waals surface area (Å²) in [5.74, 6) is 0.428. The summed E-state index contributed by atoms with van der Waals surface area (Å²) < 4.78 is 0. The van der Waals surface area contributed by atoms with E-state index in [2.05, 4.69) is 35.2 Å². The van der Waals surface area contributed by atoms with Gasteiger partial charge in [0, 0.05) is 15.8 Å². The number of thioether (sulfide) groups is 1. The minimum Gasteiger partial charge on any atom is -0.351 e. The number of amides is 1. The zero-order chi connectivity index (χ0) is 15.5. The second-order valence-electron chi connectivity index (χ2n) is 5.54. The molecule has 0 spiro atoms. The standard InChI is InChI=1S/C15H21N3OS2/c1-5-10-7-11-13(16-9-17-14(11)21-10)20-8-12(19)18-15(3,4)6-2/h7,9H,5-6,8H2,1-4H3,(H,18,19). The number of nitrogens with zero attached hydrogens (tertiary/aromatic N) is 2. The number of hydrogen-bond acceptors (Lipinski definition) is 5. The topological polar surface area (TPSA) is 54.9 Å². The number of carbonyl (C=O) groups excluding carboxylic acids is 1. The lowest BCUT2D eigenvalue weighted by Gasteiger charge is -2.24. The van der Waals surface area contributed by atoms with Crippen LogP contribution in [0.15, 0.2) is 17.4 Å². The molecule has 0 aliphatic heterocycles. The Labute approximate surface area is 133 Å². The highest BCUT2D eigenvalue weighted by molar-refractivity contribution is 8.00. The van der Waals surface area contributed by atoms with Crippen molar-refractivity contribution in [3.05, 3.63) is 17.3 Å². The summed E-state index contributed by atoms with van der Waals surface area (Å²) in [7, 11) is 0. The van der Waals surface area contributed by atoms with Gasteiger partial charge in [0.05, 0.1) is 5.75 Å².